The van der Waals surface area contributed by atoms with Gasteiger partial charge in [-0.05, 0) is 61.7 Å². The molecule has 0 bridgehead atoms. The second kappa shape index (κ2) is 13.2. The van der Waals surface area contributed by atoms with Crippen LogP contribution in [0.5, 0.6) is 0 Å². The number of hydrogen-bond donors (Lipinski definition) is 1. The Bertz CT molecular complexity index is 1330. The Morgan fingerprint density at radius 2 is 1.63 bits per heavy atom. The van der Waals surface area contributed by atoms with Crippen LogP contribution in [0.2, 0.25) is 0 Å². The van der Waals surface area contributed by atoms with Gasteiger partial charge in [-0.25, -0.2) is 12.8 Å². The van der Waals surface area contributed by atoms with Gasteiger partial charge in [-0.3, -0.25) is 13.9 Å². The number of carbonyl (C=O) groups excluding carboxylic acids is 2. The number of nitrogens with zero attached hydrogens (tertiary/aromatic N) is 2. The van der Waals surface area contributed by atoms with Gasteiger partial charge in [0.05, 0.1) is 10.6 Å². The molecule has 0 fully saturated rings. The minimum absolute atomic E-state index is 0.137. The average Bonchev–Trinajstić information content (AvgIpc) is 2.91. The summed E-state index contributed by atoms with van der Waals surface area (Å²) in [6.07, 6.45) is 1.09. The van der Waals surface area contributed by atoms with Crippen LogP contribution in [0.1, 0.15) is 37.8 Å². The van der Waals surface area contributed by atoms with Gasteiger partial charge in [0, 0.05) is 13.1 Å². The minimum atomic E-state index is -4.23. The highest BCUT2D eigenvalue weighted by Crippen LogP contribution is 2.25. The predicted molar refractivity (Wildman–Crippen MR) is 146 cm³/mol. The fraction of sp³-hybridized carbons (Fsp3) is 0.310. The van der Waals surface area contributed by atoms with E-state index in [-0.39, 0.29) is 23.0 Å². The first-order chi connectivity index (χ1) is 18.2. The van der Waals surface area contributed by atoms with Crippen molar-refractivity contribution in [1.82, 2.24) is 10.2 Å². The van der Waals surface area contributed by atoms with E-state index in [2.05, 4.69) is 5.32 Å². The van der Waals surface area contributed by atoms with Gasteiger partial charge in [0.2, 0.25) is 11.8 Å². The molecule has 0 aliphatic carbocycles. The molecule has 3 aromatic rings. The average molecular weight is 540 g/mol. The van der Waals surface area contributed by atoms with E-state index in [0.29, 0.717) is 13.0 Å². The van der Waals surface area contributed by atoms with Crippen LogP contribution in [-0.4, -0.2) is 44.3 Å². The van der Waals surface area contributed by atoms with Crippen LogP contribution >= 0.6 is 0 Å². The molecule has 9 heteroatoms. The molecule has 3 rings (SSSR count). The van der Waals surface area contributed by atoms with E-state index in [0.717, 1.165) is 34.0 Å². The first kappa shape index (κ1) is 28.8. The zero-order valence-corrected chi connectivity index (χ0v) is 22.7. The second-order valence-corrected chi connectivity index (χ2v) is 10.9. The van der Waals surface area contributed by atoms with Crippen molar-refractivity contribution in [3.63, 3.8) is 0 Å². The van der Waals surface area contributed by atoms with E-state index >= 15 is 0 Å². The van der Waals surface area contributed by atoms with Crippen LogP contribution in [0.25, 0.3) is 0 Å². The normalized spacial score (nSPS) is 12.0. The quantitative estimate of drug-likeness (QED) is 0.363. The van der Waals surface area contributed by atoms with E-state index in [1.54, 1.807) is 30.3 Å². The Labute approximate surface area is 224 Å². The second-order valence-electron chi connectivity index (χ2n) is 9.03. The molecule has 0 heterocycles. The number of benzene rings is 3. The molecule has 202 valence electrons. The Hall–Kier alpha value is -3.72. The lowest BCUT2D eigenvalue weighted by atomic mass is 10.1. The number of halogens is 1. The molecule has 0 aliphatic rings. The maximum Gasteiger partial charge on any atom is 0.264 e. The number of rotatable bonds is 12. The third-order valence-corrected chi connectivity index (χ3v) is 7.88. The molecule has 0 radical (unpaired) electrons. The van der Waals surface area contributed by atoms with Crippen LogP contribution in [0.15, 0.2) is 83.8 Å². The molecule has 0 saturated heterocycles. The topological polar surface area (TPSA) is 86.8 Å². The fourth-order valence-electron chi connectivity index (χ4n) is 4.15. The zero-order chi connectivity index (χ0) is 27.7. The first-order valence-electron chi connectivity index (χ1n) is 12.6. The highest BCUT2D eigenvalue weighted by molar-refractivity contribution is 7.92. The van der Waals surface area contributed by atoms with Crippen molar-refractivity contribution >= 4 is 27.5 Å². The molecule has 1 N–H and O–H groups in total. The van der Waals surface area contributed by atoms with Gasteiger partial charge in [-0.15, -0.1) is 0 Å². The van der Waals surface area contributed by atoms with Crippen LogP contribution < -0.4 is 9.62 Å². The number of carbonyl (C=O) groups is 2. The summed E-state index contributed by atoms with van der Waals surface area (Å²) >= 11 is 0. The molecule has 0 aromatic heterocycles. The lowest BCUT2D eigenvalue weighted by molar-refractivity contribution is -0.140. The summed E-state index contributed by atoms with van der Waals surface area (Å²) in [5, 5.41) is 2.86. The van der Waals surface area contributed by atoms with Crippen molar-refractivity contribution in [2.24, 2.45) is 0 Å². The van der Waals surface area contributed by atoms with E-state index in [1.807, 2.05) is 45.0 Å². The minimum Gasteiger partial charge on any atom is -0.354 e. The summed E-state index contributed by atoms with van der Waals surface area (Å²) < 4.78 is 41.9. The SMILES string of the molecule is CCCNC(=O)[C@H](CC)N(Cc1cccc(C)c1)C(=O)CN(c1ccccc1)S(=O)(=O)c1ccc(F)cc1. The van der Waals surface area contributed by atoms with Gasteiger partial charge in [0.25, 0.3) is 10.0 Å². The maximum atomic E-state index is 13.9. The largest absolute Gasteiger partial charge is 0.354 e. The van der Waals surface area contributed by atoms with Crippen molar-refractivity contribution in [3.8, 4) is 0 Å². The third-order valence-electron chi connectivity index (χ3n) is 6.10. The van der Waals surface area contributed by atoms with Crippen LogP contribution in [0.3, 0.4) is 0 Å². The van der Waals surface area contributed by atoms with E-state index in [9.17, 15) is 22.4 Å². The van der Waals surface area contributed by atoms with E-state index in [1.165, 1.54) is 17.0 Å². The molecule has 3 aromatic carbocycles. The Morgan fingerprint density at radius 1 is 0.947 bits per heavy atom. The van der Waals surface area contributed by atoms with Gasteiger partial charge >= 0.3 is 0 Å². The number of sulfonamides is 1. The standard InChI is InChI=1S/C29H34FN3O4S/c1-4-18-31-29(35)27(5-2)32(20-23-11-9-10-22(3)19-23)28(34)21-33(25-12-7-6-8-13-25)38(36,37)26-16-14-24(30)15-17-26/h6-17,19,27H,4-5,18,20-21H2,1-3H3,(H,31,35)/t27-/m0/s1. The number of hydrogen-bond acceptors (Lipinski definition) is 4. The Balaban J connectivity index is 2.02. The fourth-order valence-corrected chi connectivity index (χ4v) is 5.56. The number of aryl methyl sites for hydroxylation is 1. The summed E-state index contributed by atoms with van der Waals surface area (Å²) in [5.41, 5.74) is 2.11. The highest BCUT2D eigenvalue weighted by Gasteiger charge is 2.33. The summed E-state index contributed by atoms with van der Waals surface area (Å²) in [4.78, 5) is 28.3. The zero-order valence-electron chi connectivity index (χ0n) is 21.9. The van der Waals surface area contributed by atoms with E-state index in [4.69, 9.17) is 0 Å². The molecule has 2 amide bonds. The summed E-state index contributed by atoms with van der Waals surface area (Å²) in [6.45, 7) is 5.76. The molecule has 0 spiro atoms. The number of nitrogens with one attached hydrogen (secondary N) is 1. The molecule has 1 atom stereocenters. The number of anilines is 1. The Kier molecular flexibility index (Phi) is 10.0. The molecule has 0 unspecified atom stereocenters. The van der Waals surface area contributed by atoms with Gasteiger partial charge in [0.1, 0.15) is 18.4 Å². The maximum absolute atomic E-state index is 13.9. The lowest BCUT2D eigenvalue weighted by Crippen LogP contribution is -2.52. The molecule has 0 saturated carbocycles. The third kappa shape index (κ3) is 7.19. The molecule has 7 nitrogen and oxygen atoms in total. The predicted octanol–water partition coefficient (Wildman–Crippen LogP) is 4.66. The van der Waals surface area contributed by atoms with Crippen molar-refractivity contribution in [3.05, 3.63) is 95.8 Å². The summed E-state index contributed by atoms with van der Waals surface area (Å²) in [5.74, 6) is -1.39. The molecular weight excluding hydrogens is 505 g/mol. The van der Waals surface area contributed by atoms with Crippen molar-refractivity contribution < 1.29 is 22.4 Å². The van der Waals surface area contributed by atoms with Gasteiger partial charge in [0.15, 0.2) is 0 Å². The van der Waals surface area contributed by atoms with Crippen LogP contribution in [0.4, 0.5) is 10.1 Å². The Morgan fingerprint density at radius 3 is 2.24 bits per heavy atom. The van der Waals surface area contributed by atoms with Gasteiger partial charge in [-0.2, -0.15) is 0 Å². The van der Waals surface area contributed by atoms with E-state index < -0.39 is 34.3 Å². The summed E-state index contributed by atoms with van der Waals surface area (Å²) in [6, 6.07) is 19.5. The molecular formula is C29H34FN3O4S. The van der Waals surface area contributed by atoms with Gasteiger partial charge < -0.3 is 10.2 Å². The first-order valence-corrected chi connectivity index (χ1v) is 14.1. The number of amides is 2. The summed E-state index contributed by atoms with van der Waals surface area (Å²) in [7, 11) is -4.23. The van der Waals surface area contributed by atoms with Crippen molar-refractivity contribution in [1.29, 1.82) is 0 Å². The van der Waals surface area contributed by atoms with Gasteiger partial charge in [-0.1, -0.05) is 61.9 Å². The molecule has 38 heavy (non-hydrogen) atoms. The van der Waals surface area contributed by atoms with Crippen LogP contribution in [-0.2, 0) is 26.2 Å². The molecule has 0 aliphatic heterocycles. The highest BCUT2D eigenvalue weighted by atomic mass is 32.2. The van der Waals surface area contributed by atoms with Crippen molar-refractivity contribution in [2.45, 2.75) is 51.1 Å². The van der Waals surface area contributed by atoms with Crippen molar-refractivity contribution in [2.75, 3.05) is 17.4 Å². The number of para-hydroxylation sites is 1. The smallest absolute Gasteiger partial charge is 0.264 e. The lowest BCUT2D eigenvalue weighted by Gasteiger charge is -2.33. The monoisotopic (exact) mass is 539 g/mol. The van der Waals surface area contributed by atoms with Crippen LogP contribution in [0, 0.1) is 12.7 Å².